The Morgan fingerprint density at radius 1 is 1.18 bits per heavy atom. The van der Waals surface area contributed by atoms with Crippen molar-refractivity contribution in [2.75, 3.05) is 19.5 Å². The molecule has 22 heavy (non-hydrogen) atoms. The van der Waals surface area contributed by atoms with Crippen LogP contribution in [0.3, 0.4) is 0 Å². The van der Waals surface area contributed by atoms with Gasteiger partial charge in [0, 0.05) is 12.3 Å². The van der Waals surface area contributed by atoms with Crippen LogP contribution in [0.15, 0.2) is 42.7 Å². The number of carbonyl (C=O) groups excluding carboxylic acids is 1. The molecular weight excluding hydrogens is 280 g/mol. The highest BCUT2D eigenvalue weighted by Gasteiger charge is 2.04. The van der Waals surface area contributed by atoms with Crippen molar-refractivity contribution in [3.8, 4) is 11.5 Å². The first-order chi connectivity index (χ1) is 10.6. The van der Waals surface area contributed by atoms with Crippen LogP contribution in [-0.2, 0) is 4.79 Å². The van der Waals surface area contributed by atoms with Gasteiger partial charge in [-0.25, -0.2) is 0 Å². The van der Waals surface area contributed by atoms with Crippen LogP contribution in [0, 0.1) is 6.92 Å². The zero-order valence-corrected chi connectivity index (χ0v) is 12.8. The lowest BCUT2D eigenvalue weighted by atomic mass is 10.2. The van der Waals surface area contributed by atoms with Crippen LogP contribution in [0.5, 0.6) is 11.5 Å². The van der Waals surface area contributed by atoms with E-state index in [1.165, 1.54) is 6.08 Å². The van der Waals surface area contributed by atoms with Crippen LogP contribution >= 0.6 is 0 Å². The Kier molecular flexibility index (Phi) is 5.14. The molecule has 0 spiro atoms. The minimum atomic E-state index is -0.217. The van der Waals surface area contributed by atoms with Gasteiger partial charge in [-0.15, -0.1) is 0 Å². The average molecular weight is 298 g/mol. The first-order valence-corrected chi connectivity index (χ1v) is 6.75. The molecule has 1 amide bonds. The maximum Gasteiger partial charge on any atom is 0.248 e. The highest BCUT2D eigenvalue weighted by Crippen LogP contribution is 2.27. The molecule has 0 unspecified atom stereocenters. The van der Waals surface area contributed by atoms with E-state index in [-0.39, 0.29) is 5.91 Å². The third-order valence-corrected chi connectivity index (χ3v) is 3.13. The molecular formula is C17H18N2O3. The molecule has 2 aromatic rings. The van der Waals surface area contributed by atoms with Gasteiger partial charge in [-0.1, -0.05) is 6.07 Å². The Labute approximate surface area is 129 Å². The van der Waals surface area contributed by atoms with Gasteiger partial charge in [0.05, 0.1) is 26.1 Å². The lowest BCUT2D eigenvalue weighted by molar-refractivity contribution is -0.111. The molecule has 1 aromatic heterocycles. The number of nitrogens with one attached hydrogen (secondary N) is 1. The van der Waals surface area contributed by atoms with E-state index in [4.69, 9.17) is 9.47 Å². The zero-order chi connectivity index (χ0) is 15.9. The molecule has 0 aliphatic carbocycles. The Balaban J connectivity index is 2.08. The maximum atomic E-state index is 11.9. The van der Waals surface area contributed by atoms with Gasteiger partial charge in [0.25, 0.3) is 0 Å². The van der Waals surface area contributed by atoms with Crippen LogP contribution in [0.4, 0.5) is 5.69 Å². The maximum absolute atomic E-state index is 11.9. The van der Waals surface area contributed by atoms with E-state index in [1.54, 1.807) is 44.8 Å². The standard InChI is InChI=1S/C17H18N2O3/c1-12-8-9-18-11-14(12)19-17(20)7-5-13-4-6-15(21-2)16(10-13)22-3/h4-11H,1-3H3,(H,19,20)/b7-5+. The van der Waals surface area contributed by atoms with Crippen molar-refractivity contribution in [1.29, 1.82) is 0 Å². The van der Waals surface area contributed by atoms with Crippen molar-refractivity contribution in [2.45, 2.75) is 6.92 Å². The Hall–Kier alpha value is -2.82. The predicted octanol–water partition coefficient (Wildman–Crippen LogP) is 3.06. The molecule has 0 radical (unpaired) electrons. The van der Waals surface area contributed by atoms with Crippen molar-refractivity contribution < 1.29 is 14.3 Å². The van der Waals surface area contributed by atoms with E-state index in [0.29, 0.717) is 17.2 Å². The van der Waals surface area contributed by atoms with Gasteiger partial charge in [0.15, 0.2) is 11.5 Å². The van der Waals surface area contributed by atoms with Crippen LogP contribution in [0.2, 0.25) is 0 Å². The molecule has 1 aromatic carbocycles. The van der Waals surface area contributed by atoms with Crippen molar-refractivity contribution in [3.05, 3.63) is 53.9 Å². The van der Waals surface area contributed by atoms with Gasteiger partial charge in [0.1, 0.15) is 0 Å². The summed E-state index contributed by atoms with van der Waals surface area (Å²) in [5, 5.41) is 2.79. The van der Waals surface area contributed by atoms with Crippen LogP contribution in [-0.4, -0.2) is 25.1 Å². The number of pyridine rings is 1. The summed E-state index contributed by atoms with van der Waals surface area (Å²) < 4.78 is 10.4. The monoisotopic (exact) mass is 298 g/mol. The van der Waals surface area contributed by atoms with Gasteiger partial charge in [-0.3, -0.25) is 9.78 Å². The first-order valence-electron chi connectivity index (χ1n) is 6.75. The minimum Gasteiger partial charge on any atom is -0.493 e. The molecule has 0 aliphatic heterocycles. The van der Waals surface area contributed by atoms with E-state index >= 15 is 0 Å². The zero-order valence-electron chi connectivity index (χ0n) is 12.8. The predicted molar refractivity (Wildman–Crippen MR) is 86.2 cm³/mol. The van der Waals surface area contributed by atoms with Crippen LogP contribution < -0.4 is 14.8 Å². The number of methoxy groups -OCH3 is 2. The summed E-state index contributed by atoms with van der Waals surface area (Å²) >= 11 is 0. The van der Waals surface area contributed by atoms with Gasteiger partial charge in [-0.2, -0.15) is 0 Å². The third-order valence-electron chi connectivity index (χ3n) is 3.13. The fourth-order valence-electron chi connectivity index (χ4n) is 1.90. The third kappa shape index (κ3) is 3.85. The normalized spacial score (nSPS) is 10.5. The van der Waals surface area contributed by atoms with Crippen molar-refractivity contribution in [3.63, 3.8) is 0 Å². The molecule has 0 fully saturated rings. The molecule has 0 atom stereocenters. The topological polar surface area (TPSA) is 60.5 Å². The van der Waals surface area contributed by atoms with E-state index in [1.807, 2.05) is 19.1 Å². The lowest BCUT2D eigenvalue weighted by Crippen LogP contribution is -2.09. The number of nitrogens with zero attached hydrogens (tertiary/aromatic N) is 1. The Bertz CT molecular complexity index is 696. The summed E-state index contributed by atoms with van der Waals surface area (Å²) in [7, 11) is 3.15. The smallest absolute Gasteiger partial charge is 0.248 e. The lowest BCUT2D eigenvalue weighted by Gasteiger charge is -2.07. The summed E-state index contributed by atoms with van der Waals surface area (Å²) in [6.07, 6.45) is 6.48. The van der Waals surface area contributed by atoms with Crippen LogP contribution in [0.25, 0.3) is 6.08 Å². The Morgan fingerprint density at radius 3 is 2.64 bits per heavy atom. The van der Waals surface area contributed by atoms with Gasteiger partial charge in [-0.05, 0) is 42.3 Å². The fraction of sp³-hybridized carbons (Fsp3) is 0.176. The average Bonchev–Trinajstić information content (AvgIpc) is 2.54. The van der Waals surface area contributed by atoms with E-state index in [2.05, 4.69) is 10.3 Å². The van der Waals surface area contributed by atoms with Crippen LogP contribution in [0.1, 0.15) is 11.1 Å². The second kappa shape index (κ2) is 7.26. The quantitative estimate of drug-likeness (QED) is 0.862. The summed E-state index contributed by atoms with van der Waals surface area (Å²) in [5.74, 6) is 1.05. The number of benzene rings is 1. The molecule has 0 saturated heterocycles. The second-order valence-electron chi connectivity index (χ2n) is 4.63. The number of rotatable bonds is 5. The summed E-state index contributed by atoms with van der Waals surface area (Å²) in [6.45, 7) is 1.91. The largest absolute Gasteiger partial charge is 0.493 e. The highest BCUT2D eigenvalue weighted by molar-refractivity contribution is 6.02. The Morgan fingerprint density at radius 2 is 1.95 bits per heavy atom. The molecule has 5 nitrogen and oxygen atoms in total. The van der Waals surface area contributed by atoms with Gasteiger partial charge < -0.3 is 14.8 Å². The number of aromatic nitrogens is 1. The summed E-state index contributed by atoms with van der Waals surface area (Å²) in [4.78, 5) is 15.9. The number of carbonyl (C=O) groups is 1. The fourth-order valence-corrected chi connectivity index (χ4v) is 1.90. The van der Waals surface area contributed by atoms with E-state index in [9.17, 15) is 4.79 Å². The number of anilines is 1. The van der Waals surface area contributed by atoms with Gasteiger partial charge in [0.2, 0.25) is 5.91 Å². The molecule has 114 valence electrons. The molecule has 0 bridgehead atoms. The SMILES string of the molecule is COc1ccc(/C=C/C(=O)Nc2cnccc2C)cc1OC. The number of hydrogen-bond acceptors (Lipinski definition) is 4. The molecule has 2 rings (SSSR count). The van der Waals surface area contributed by atoms with Crippen molar-refractivity contribution in [2.24, 2.45) is 0 Å². The molecule has 1 heterocycles. The number of hydrogen-bond donors (Lipinski definition) is 1. The second-order valence-corrected chi connectivity index (χ2v) is 4.63. The minimum absolute atomic E-state index is 0.217. The van der Waals surface area contributed by atoms with Crippen molar-refractivity contribution in [1.82, 2.24) is 4.98 Å². The van der Waals surface area contributed by atoms with Crippen molar-refractivity contribution >= 4 is 17.7 Å². The van der Waals surface area contributed by atoms with E-state index < -0.39 is 0 Å². The first kappa shape index (κ1) is 15.6. The summed E-state index contributed by atoms with van der Waals surface area (Å²) in [6, 6.07) is 7.29. The van der Waals surface area contributed by atoms with Gasteiger partial charge >= 0.3 is 0 Å². The molecule has 0 saturated carbocycles. The number of amides is 1. The highest BCUT2D eigenvalue weighted by atomic mass is 16.5. The number of aryl methyl sites for hydroxylation is 1. The van der Waals surface area contributed by atoms with E-state index in [0.717, 1.165) is 11.1 Å². The molecule has 5 heteroatoms. The number of ether oxygens (including phenoxy) is 2. The molecule has 0 aliphatic rings. The summed E-state index contributed by atoms with van der Waals surface area (Å²) in [5.41, 5.74) is 2.50. The molecule has 1 N–H and O–H groups in total.